The van der Waals surface area contributed by atoms with Crippen molar-refractivity contribution >= 4 is 11.6 Å². The Kier molecular flexibility index (Phi) is 3.43. The number of para-hydroxylation sites is 1. The lowest BCUT2D eigenvalue weighted by Gasteiger charge is -2.40. The maximum absolute atomic E-state index is 14.0. The third kappa shape index (κ3) is 1.96. The minimum Gasteiger partial charge on any atom is -0.493 e. The molecule has 4 atom stereocenters. The zero-order chi connectivity index (χ0) is 18.9. The average Bonchev–Trinajstić information content (AvgIpc) is 3.45. The molecule has 6 rings (SSSR count). The summed E-state index contributed by atoms with van der Waals surface area (Å²) in [5.41, 5.74) is 2.22. The first-order valence-corrected chi connectivity index (χ1v) is 10.3. The smallest absolute Gasteiger partial charge is 0.241 e. The number of carbonyl (C=O) groups excluding carboxylic acids is 1. The van der Waals surface area contributed by atoms with E-state index in [1.165, 1.54) is 5.57 Å². The number of fused-ring (bicyclic) bond motifs is 5. The first kappa shape index (κ1) is 16.8. The number of amides is 1. The number of rotatable bonds is 2. The highest BCUT2D eigenvalue weighted by atomic mass is 16.5. The summed E-state index contributed by atoms with van der Waals surface area (Å²) in [5, 5.41) is 0. The van der Waals surface area contributed by atoms with Gasteiger partial charge in [0.25, 0.3) is 0 Å². The number of ether oxygens (including phenoxy) is 3. The van der Waals surface area contributed by atoms with Gasteiger partial charge in [-0.25, -0.2) is 0 Å². The van der Waals surface area contributed by atoms with Crippen LogP contribution >= 0.6 is 0 Å². The minimum absolute atomic E-state index is 0.123. The molecule has 3 saturated heterocycles. The van der Waals surface area contributed by atoms with Gasteiger partial charge in [-0.2, -0.15) is 0 Å². The van der Waals surface area contributed by atoms with Gasteiger partial charge in [0.15, 0.2) is 0 Å². The van der Waals surface area contributed by atoms with Crippen LogP contribution < -0.4 is 4.90 Å². The summed E-state index contributed by atoms with van der Waals surface area (Å²) in [7, 11) is 0. The molecule has 4 unspecified atom stereocenters. The van der Waals surface area contributed by atoms with Gasteiger partial charge in [-0.05, 0) is 36.1 Å². The molecule has 5 aliphatic rings. The van der Waals surface area contributed by atoms with Crippen molar-refractivity contribution in [1.29, 1.82) is 0 Å². The van der Waals surface area contributed by atoms with E-state index in [0.717, 1.165) is 42.9 Å². The lowest BCUT2D eigenvalue weighted by atomic mass is 9.59. The monoisotopic (exact) mass is 379 g/mol. The highest BCUT2D eigenvalue weighted by molar-refractivity contribution is 6.09. The second-order valence-electron chi connectivity index (χ2n) is 8.79. The molecule has 0 aromatic heterocycles. The molecule has 5 nitrogen and oxygen atoms in total. The molecule has 1 aromatic carbocycles. The SMILES string of the molecule is CC12C=C3CCOC3=CC1OCC21C(=O)N(CC2CCCO2)c2ccccc21. The molecule has 1 amide bonds. The fraction of sp³-hybridized carbons (Fsp3) is 0.522. The number of nitrogens with zero attached hydrogens (tertiary/aromatic N) is 1. The van der Waals surface area contributed by atoms with Crippen LogP contribution in [0.25, 0.3) is 0 Å². The van der Waals surface area contributed by atoms with Crippen LogP contribution in [-0.4, -0.2) is 44.5 Å². The van der Waals surface area contributed by atoms with Crippen LogP contribution in [0.1, 0.15) is 31.7 Å². The highest BCUT2D eigenvalue weighted by Crippen LogP contribution is 2.61. The normalized spacial score (nSPS) is 38.2. The summed E-state index contributed by atoms with van der Waals surface area (Å²) in [4.78, 5) is 16.0. The van der Waals surface area contributed by atoms with Crippen molar-refractivity contribution in [3.63, 3.8) is 0 Å². The Morgan fingerprint density at radius 2 is 2.11 bits per heavy atom. The largest absolute Gasteiger partial charge is 0.493 e. The van der Waals surface area contributed by atoms with Crippen molar-refractivity contribution in [2.45, 2.75) is 43.8 Å². The van der Waals surface area contributed by atoms with Gasteiger partial charge in [0, 0.05) is 24.1 Å². The zero-order valence-electron chi connectivity index (χ0n) is 16.1. The standard InChI is InChI=1S/C23H25NO4/c1-22-12-15-8-10-27-19(15)11-20(22)28-14-23(22)17-6-2-3-7-18(17)24(21(23)25)13-16-5-4-9-26-16/h2-3,6-7,11-12,16,20H,4-5,8-10,13-14H2,1H3. The van der Waals surface area contributed by atoms with Crippen LogP contribution in [0.2, 0.25) is 0 Å². The van der Waals surface area contributed by atoms with Gasteiger partial charge >= 0.3 is 0 Å². The number of benzene rings is 1. The molecule has 4 heterocycles. The van der Waals surface area contributed by atoms with Gasteiger partial charge in [0.05, 0.1) is 32.0 Å². The maximum atomic E-state index is 14.0. The molecule has 3 fully saturated rings. The van der Waals surface area contributed by atoms with E-state index in [1.807, 2.05) is 17.0 Å². The van der Waals surface area contributed by atoms with Crippen molar-refractivity contribution in [3.8, 4) is 0 Å². The molecule has 1 aliphatic carbocycles. The summed E-state index contributed by atoms with van der Waals surface area (Å²) in [6, 6.07) is 8.24. The Hall–Kier alpha value is -2.11. The number of carbonyl (C=O) groups is 1. The molecule has 4 aliphatic heterocycles. The topological polar surface area (TPSA) is 48.0 Å². The van der Waals surface area contributed by atoms with Gasteiger partial charge in [0.1, 0.15) is 11.2 Å². The van der Waals surface area contributed by atoms with Gasteiger partial charge in [0.2, 0.25) is 5.91 Å². The maximum Gasteiger partial charge on any atom is 0.241 e. The molecule has 0 saturated carbocycles. The van der Waals surface area contributed by atoms with E-state index < -0.39 is 10.8 Å². The van der Waals surface area contributed by atoms with Crippen molar-refractivity contribution < 1.29 is 19.0 Å². The predicted molar refractivity (Wildman–Crippen MR) is 104 cm³/mol. The van der Waals surface area contributed by atoms with E-state index in [4.69, 9.17) is 14.2 Å². The number of hydrogen-bond acceptors (Lipinski definition) is 4. The third-order valence-corrected chi connectivity index (χ3v) is 7.39. The lowest BCUT2D eigenvalue weighted by Crippen LogP contribution is -2.53. The van der Waals surface area contributed by atoms with E-state index >= 15 is 0 Å². The van der Waals surface area contributed by atoms with E-state index in [1.54, 1.807) is 0 Å². The summed E-state index contributed by atoms with van der Waals surface area (Å²) < 4.78 is 17.9. The molecule has 0 radical (unpaired) electrons. The van der Waals surface area contributed by atoms with Gasteiger partial charge < -0.3 is 19.1 Å². The van der Waals surface area contributed by atoms with Crippen molar-refractivity contribution in [2.24, 2.45) is 5.41 Å². The van der Waals surface area contributed by atoms with Gasteiger partial charge in [-0.1, -0.05) is 31.2 Å². The first-order chi connectivity index (χ1) is 13.6. The fourth-order valence-corrected chi connectivity index (χ4v) is 5.86. The van der Waals surface area contributed by atoms with Crippen LogP contribution in [0.4, 0.5) is 5.69 Å². The number of anilines is 1. The number of allylic oxidation sites excluding steroid dienone is 1. The van der Waals surface area contributed by atoms with E-state index in [-0.39, 0.29) is 18.1 Å². The lowest BCUT2D eigenvalue weighted by molar-refractivity contribution is -0.125. The molecule has 146 valence electrons. The molecule has 5 heteroatoms. The predicted octanol–water partition coefficient (Wildman–Crippen LogP) is 3.10. The molecule has 28 heavy (non-hydrogen) atoms. The Morgan fingerprint density at radius 1 is 1.21 bits per heavy atom. The molecule has 0 N–H and O–H groups in total. The fourth-order valence-electron chi connectivity index (χ4n) is 5.86. The van der Waals surface area contributed by atoms with E-state index in [0.29, 0.717) is 19.8 Å². The second-order valence-corrected chi connectivity index (χ2v) is 8.79. The molecular formula is C23H25NO4. The Morgan fingerprint density at radius 3 is 2.96 bits per heavy atom. The average molecular weight is 379 g/mol. The van der Waals surface area contributed by atoms with Crippen molar-refractivity contribution in [3.05, 3.63) is 53.3 Å². The van der Waals surface area contributed by atoms with Crippen LogP contribution in [0.5, 0.6) is 0 Å². The van der Waals surface area contributed by atoms with Crippen LogP contribution in [0.3, 0.4) is 0 Å². The van der Waals surface area contributed by atoms with E-state index in [9.17, 15) is 4.79 Å². The van der Waals surface area contributed by atoms with Crippen molar-refractivity contribution in [2.75, 3.05) is 31.3 Å². The zero-order valence-corrected chi connectivity index (χ0v) is 16.1. The van der Waals surface area contributed by atoms with Gasteiger partial charge in [-0.3, -0.25) is 4.79 Å². The summed E-state index contributed by atoms with van der Waals surface area (Å²) in [6.45, 7) is 4.72. The second kappa shape index (κ2) is 5.71. The molecule has 0 bridgehead atoms. The summed E-state index contributed by atoms with van der Waals surface area (Å²) in [6.07, 6.45) is 7.33. The summed E-state index contributed by atoms with van der Waals surface area (Å²) in [5.74, 6) is 1.09. The third-order valence-electron chi connectivity index (χ3n) is 7.39. The first-order valence-electron chi connectivity index (χ1n) is 10.3. The van der Waals surface area contributed by atoms with E-state index in [2.05, 4.69) is 31.2 Å². The van der Waals surface area contributed by atoms with Gasteiger partial charge in [-0.15, -0.1) is 0 Å². The minimum atomic E-state index is -0.690. The quantitative estimate of drug-likeness (QED) is 0.792. The van der Waals surface area contributed by atoms with Crippen molar-refractivity contribution in [1.82, 2.24) is 0 Å². The Balaban J connectivity index is 1.48. The van der Waals surface area contributed by atoms with Crippen LogP contribution in [-0.2, 0) is 24.4 Å². The highest BCUT2D eigenvalue weighted by Gasteiger charge is 2.68. The molecule has 1 aromatic rings. The molecular weight excluding hydrogens is 354 g/mol. The summed E-state index contributed by atoms with van der Waals surface area (Å²) >= 11 is 0. The molecule has 1 spiro atoms. The Labute approximate surface area is 164 Å². The number of hydrogen-bond donors (Lipinski definition) is 0. The Bertz CT molecular complexity index is 915. The van der Waals surface area contributed by atoms with Crippen LogP contribution in [0.15, 0.2) is 47.7 Å². The van der Waals surface area contributed by atoms with Crippen LogP contribution in [0, 0.1) is 5.41 Å².